The molecule has 0 aliphatic carbocycles. The molecule has 1 unspecified atom stereocenters. The van der Waals surface area contributed by atoms with Gasteiger partial charge in [-0.25, -0.2) is 13.2 Å². The molecular weight excluding hydrogens is 362 g/mol. The van der Waals surface area contributed by atoms with Crippen LogP contribution in [0.25, 0.3) is 0 Å². The van der Waals surface area contributed by atoms with Gasteiger partial charge in [-0.05, 0) is 44.2 Å². The van der Waals surface area contributed by atoms with Crippen molar-refractivity contribution >= 4 is 44.5 Å². The van der Waals surface area contributed by atoms with Crippen LogP contribution in [0, 0.1) is 6.92 Å². The zero-order chi connectivity index (χ0) is 18.2. The van der Waals surface area contributed by atoms with E-state index in [1.807, 2.05) is 26.0 Å². The molecule has 7 nitrogen and oxygen atoms in total. The van der Waals surface area contributed by atoms with Crippen LogP contribution in [0.3, 0.4) is 0 Å². The average molecular weight is 379 g/mol. The topological polar surface area (TPSA) is 104 Å². The third kappa shape index (κ3) is 3.83. The summed E-state index contributed by atoms with van der Waals surface area (Å²) in [5.74, 6) is -1.16. The molecule has 3 amide bonds. The molecule has 1 aliphatic heterocycles. The van der Waals surface area contributed by atoms with E-state index in [9.17, 15) is 18.0 Å². The maximum atomic E-state index is 12.1. The fourth-order valence-electron chi connectivity index (χ4n) is 2.52. The number of anilines is 2. The van der Waals surface area contributed by atoms with E-state index in [2.05, 4.69) is 16.0 Å². The molecule has 3 N–H and O–H groups in total. The van der Waals surface area contributed by atoms with Crippen LogP contribution in [0.1, 0.15) is 22.7 Å². The Labute approximate surface area is 149 Å². The van der Waals surface area contributed by atoms with Crippen molar-refractivity contribution in [3.8, 4) is 0 Å². The highest BCUT2D eigenvalue weighted by atomic mass is 32.2. The molecule has 0 bridgehead atoms. The number of carbonyl (C=O) groups is 2. The summed E-state index contributed by atoms with van der Waals surface area (Å²) >= 11 is 1.60. The predicted octanol–water partition coefficient (Wildman–Crippen LogP) is 2.67. The first-order valence-electron chi connectivity index (χ1n) is 7.55. The van der Waals surface area contributed by atoms with E-state index in [1.54, 1.807) is 17.4 Å². The Morgan fingerprint density at radius 2 is 2.04 bits per heavy atom. The van der Waals surface area contributed by atoms with Crippen LogP contribution in [-0.4, -0.2) is 26.1 Å². The second kappa shape index (κ2) is 6.49. The summed E-state index contributed by atoms with van der Waals surface area (Å²) in [7, 11) is -3.69. The summed E-state index contributed by atoms with van der Waals surface area (Å²) in [6.45, 7) is 3.87. The fourth-order valence-corrected chi connectivity index (χ4v) is 4.73. The Bertz CT molecular complexity index is 950. The zero-order valence-electron chi connectivity index (χ0n) is 13.6. The van der Waals surface area contributed by atoms with Crippen LogP contribution >= 0.6 is 11.3 Å². The number of nitrogens with one attached hydrogen (secondary N) is 3. The fraction of sp³-hybridized carbons (Fsp3) is 0.250. The van der Waals surface area contributed by atoms with Crippen LogP contribution in [0.2, 0.25) is 0 Å². The number of amides is 3. The predicted molar refractivity (Wildman–Crippen MR) is 96.7 cm³/mol. The number of urea groups is 1. The lowest BCUT2D eigenvalue weighted by Crippen LogP contribution is -2.31. The molecule has 2 heterocycles. The van der Waals surface area contributed by atoms with E-state index in [0.29, 0.717) is 5.69 Å². The SMILES string of the molecule is Cc1ccc(C(C)NC(=O)Nc2ccc3c(c2)S(=O)(=O)CC(=O)N3)s1. The number of benzene rings is 1. The number of sulfone groups is 1. The Morgan fingerprint density at radius 3 is 2.72 bits per heavy atom. The molecular formula is C16H17N3O4S2. The summed E-state index contributed by atoms with van der Waals surface area (Å²) < 4.78 is 24.2. The zero-order valence-corrected chi connectivity index (χ0v) is 15.3. The van der Waals surface area contributed by atoms with E-state index in [0.717, 1.165) is 9.75 Å². The number of hydrogen-bond acceptors (Lipinski definition) is 5. The van der Waals surface area contributed by atoms with Crippen molar-refractivity contribution in [2.75, 3.05) is 16.4 Å². The van der Waals surface area contributed by atoms with Crippen molar-refractivity contribution < 1.29 is 18.0 Å². The molecule has 2 aromatic rings. The Kier molecular flexibility index (Phi) is 4.53. The van der Waals surface area contributed by atoms with Crippen LogP contribution in [0.4, 0.5) is 16.2 Å². The summed E-state index contributed by atoms with van der Waals surface area (Å²) in [6, 6.07) is 7.70. The van der Waals surface area contributed by atoms with Gasteiger partial charge in [-0.3, -0.25) is 4.79 Å². The van der Waals surface area contributed by atoms with Crippen molar-refractivity contribution in [3.05, 3.63) is 40.1 Å². The minimum atomic E-state index is -3.69. The van der Waals surface area contributed by atoms with Crippen molar-refractivity contribution in [2.24, 2.45) is 0 Å². The number of aryl methyl sites for hydroxylation is 1. The summed E-state index contributed by atoms with van der Waals surface area (Å²) in [6.07, 6.45) is 0. The lowest BCUT2D eigenvalue weighted by atomic mass is 10.2. The van der Waals surface area contributed by atoms with Gasteiger partial charge >= 0.3 is 6.03 Å². The molecule has 25 heavy (non-hydrogen) atoms. The van der Waals surface area contributed by atoms with Crippen molar-refractivity contribution in [1.82, 2.24) is 5.32 Å². The molecule has 3 rings (SSSR count). The molecule has 0 saturated heterocycles. The van der Waals surface area contributed by atoms with Crippen LogP contribution in [0.15, 0.2) is 35.2 Å². The number of thiophene rings is 1. The van der Waals surface area contributed by atoms with Gasteiger partial charge in [0.15, 0.2) is 9.84 Å². The standard InChI is InChI=1S/C16H17N3O4S2/c1-9-3-6-13(24-9)10(2)17-16(21)18-11-4-5-12-14(7-11)25(22,23)8-15(20)19-12/h3-7,10H,8H2,1-2H3,(H,19,20)(H2,17,18,21). The Hall–Kier alpha value is -2.39. The lowest BCUT2D eigenvalue weighted by Gasteiger charge is -2.18. The molecule has 1 aromatic heterocycles. The van der Waals surface area contributed by atoms with Gasteiger partial charge in [0.25, 0.3) is 0 Å². The van der Waals surface area contributed by atoms with Gasteiger partial charge in [-0.1, -0.05) is 0 Å². The summed E-state index contributed by atoms with van der Waals surface area (Å²) in [5.41, 5.74) is 0.565. The minimum Gasteiger partial charge on any atom is -0.331 e. The maximum absolute atomic E-state index is 12.1. The van der Waals surface area contributed by atoms with Gasteiger partial charge in [-0.15, -0.1) is 11.3 Å². The molecule has 0 radical (unpaired) electrons. The molecule has 0 fully saturated rings. The average Bonchev–Trinajstić information content (AvgIpc) is 2.94. The van der Waals surface area contributed by atoms with E-state index >= 15 is 0 Å². The molecule has 1 aliphatic rings. The molecule has 0 spiro atoms. The van der Waals surface area contributed by atoms with Gasteiger partial charge in [0.1, 0.15) is 5.75 Å². The number of carbonyl (C=O) groups excluding carboxylic acids is 2. The normalized spacial score (nSPS) is 16.5. The van der Waals surface area contributed by atoms with E-state index < -0.39 is 27.5 Å². The van der Waals surface area contributed by atoms with Gasteiger partial charge in [-0.2, -0.15) is 0 Å². The van der Waals surface area contributed by atoms with Crippen molar-refractivity contribution in [3.63, 3.8) is 0 Å². The molecule has 1 atom stereocenters. The first-order chi connectivity index (χ1) is 11.7. The summed E-state index contributed by atoms with van der Waals surface area (Å²) in [4.78, 5) is 25.7. The first-order valence-corrected chi connectivity index (χ1v) is 10.0. The largest absolute Gasteiger partial charge is 0.331 e. The molecule has 1 aromatic carbocycles. The van der Waals surface area contributed by atoms with Crippen LogP contribution in [-0.2, 0) is 14.6 Å². The molecule has 9 heteroatoms. The lowest BCUT2D eigenvalue weighted by molar-refractivity contribution is -0.114. The van der Waals surface area contributed by atoms with E-state index in [1.165, 1.54) is 12.1 Å². The number of fused-ring (bicyclic) bond motifs is 1. The second-order valence-electron chi connectivity index (χ2n) is 5.79. The maximum Gasteiger partial charge on any atom is 0.319 e. The number of rotatable bonds is 3. The van der Waals surface area contributed by atoms with Gasteiger partial charge in [0.2, 0.25) is 5.91 Å². The first kappa shape index (κ1) is 17.4. The Balaban J connectivity index is 1.73. The summed E-state index contributed by atoms with van der Waals surface area (Å²) in [5, 5.41) is 7.94. The van der Waals surface area contributed by atoms with Crippen LogP contribution in [0.5, 0.6) is 0 Å². The van der Waals surface area contributed by atoms with E-state index in [4.69, 9.17) is 0 Å². The van der Waals surface area contributed by atoms with Gasteiger partial charge < -0.3 is 16.0 Å². The van der Waals surface area contributed by atoms with Crippen molar-refractivity contribution in [1.29, 1.82) is 0 Å². The van der Waals surface area contributed by atoms with E-state index in [-0.39, 0.29) is 16.6 Å². The second-order valence-corrected chi connectivity index (χ2v) is 9.06. The van der Waals surface area contributed by atoms with Gasteiger partial charge in [0, 0.05) is 15.4 Å². The van der Waals surface area contributed by atoms with Crippen LogP contribution < -0.4 is 16.0 Å². The third-order valence-corrected chi connectivity index (χ3v) is 6.54. The smallest absolute Gasteiger partial charge is 0.319 e. The van der Waals surface area contributed by atoms with Gasteiger partial charge in [0.05, 0.1) is 16.6 Å². The van der Waals surface area contributed by atoms with Crippen molar-refractivity contribution in [2.45, 2.75) is 24.8 Å². The molecule has 132 valence electrons. The Morgan fingerprint density at radius 1 is 1.28 bits per heavy atom. The quantitative estimate of drug-likeness (QED) is 0.762. The highest BCUT2D eigenvalue weighted by molar-refractivity contribution is 7.92. The highest BCUT2D eigenvalue weighted by Crippen LogP contribution is 2.29. The molecule has 0 saturated carbocycles. The third-order valence-electron chi connectivity index (χ3n) is 3.71. The highest BCUT2D eigenvalue weighted by Gasteiger charge is 2.29. The monoisotopic (exact) mass is 379 g/mol. The minimum absolute atomic E-state index is 0.00632. The number of hydrogen-bond donors (Lipinski definition) is 3.